The Labute approximate surface area is 125 Å². The summed E-state index contributed by atoms with van der Waals surface area (Å²) in [4.78, 5) is 11.6. The van der Waals surface area contributed by atoms with E-state index in [1.165, 1.54) is 16.8 Å². The zero-order chi connectivity index (χ0) is 15.1. The number of aromatic nitrogens is 1. The lowest BCUT2D eigenvalue weighted by atomic mass is 9.94. The van der Waals surface area contributed by atoms with Gasteiger partial charge in [0.05, 0.1) is 5.56 Å². The van der Waals surface area contributed by atoms with Crippen molar-refractivity contribution in [2.24, 2.45) is 0 Å². The molecule has 0 atom stereocenters. The predicted molar refractivity (Wildman–Crippen MR) is 83.6 cm³/mol. The minimum Gasteiger partial charge on any atom is -0.478 e. The summed E-state index contributed by atoms with van der Waals surface area (Å²) in [7, 11) is 0. The van der Waals surface area contributed by atoms with Crippen molar-refractivity contribution in [3.05, 3.63) is 51.8 Å². The Hall–Kier alpha value is -2.03. The minimum absolute atomic E-state index is 0.517. The number of rotatable bonds is 2. The number of carboxylic acid groups (broad SMARTS) is 1. The lowest BCUT2D eigenvalue weighted by Crippen LogP contribution is -2.08. The van der Waals surface area contributed by atoms with Crippen LogP contribution in [-0.2, 0) is 12.8 Å². The van der Waals surface area contributed by atoms with Crippen LogP contribution in [0, 0.1) is 20.8 Å². The Morgan fingerprint density at radius 3 is 2.48 bits per heavy atom. The van der Waals surface area contributed by atoms with Crippen molar-refractivity contribution in [3.8, 4) is 5.69 Å². The van der Waals surface area contributed by atoms with E-state index in [1.807, 2.05) is 6.92 Å². The zero-order valence-electron chi connectivity index (χ0n) is 12.9. The fraction of sp³-hybridized carbons (Fsp3) is 0.389. The Kier molecular flexibility index (Phi) is 3.36. The molecule has 1 heterocycles. The summed E-state index contributed by atoms with van der Waals surface area (Å²) in [6.07, 6.45) is 4.08. The summed E-state index contributed by atoms with van der Waals surface area (Å²) in [5, 5.41) is 9.57. The number of carboxylic acids is 1. The van der Waals surface area contributed by atoms with Gasteiger partial charge in [-0.05, 0) is 75.3 Å². The first-order valence-corrected chi connectivity index (χ1v) is 7.54. The maximum Gasteiger partial charge on any atom is 0.337 e. The summed E-state index contributed by atoms with van der Waals surface area (Å²) in [5.74, 6) is -0.798. The van der Waals surface area contributed by atoms with Crippen molar-refractivity contribution >= 4 is 5.97 Å². The van der Waals surface area contributed by atoms with E-state index < -0.39 is 5.97 Å². The first-order valence-electron chi connectivity index (χ1n) is 7.54. The van der Waals surface area contributed by atoms with Crippen molar-refractivity contribution in [1.82, 2.24) is 4.57 Å². The van der Waals surface area contributed by atoms with Crippen LogP contribution in [0.3, 0.4) is 0 Å². The maximum absolute atomic E-state index is 11.6. The maximum atomic E-state index is 11.6. The molecule has 110 valence electrons. The van der Waals surface area contributed by atoms with Gasteiger partial charge in [0.25, 0.3) is 0 Å². The fourth-order valence-corrected chi connectivity index (χ4v) is 3.44. The van der Waals surface area contributed by atoms with Gasteiger partial charge < -0.3 is 9.67 Å². The molecule has 1 aliphatic carbocycles. The third-order valence-corrected chi connectivity index (χ3v) is 4.67. The number of benzene rings is 1. The molecule has 0 unspecified atom stereocenters. The van der Waals surface area contributed by atoms with Crippen molar-refractivity contribution in [2.45, 2.75) is 46.5 Å². The number of aryl methyl sites for hydroxylation is 2. The molecule has 3 nitrogen and oxygen atoms in total. The molecule has 1 aromatic heterocycles. The van der Waals surface area contributed by atoms with Gasteiger partial charge >= 0.3 is 5.97 Å². The Morgan fingerprint density at radius 1 is 1.10 bits per heavy atom. The summed E-state index contributed by atoms with van der Waals surface area (Å²) in [6, 6.07) is 6.36. The molecular weight excluding hydrogens is 262 g/mol. The molecule has 1 N–H and O–H groups in total. The summed E-state index contributed by atoms with van der Waals surface area (Å²) in [5.41, 5.74) is 7.20. The van der Waals surface area contributed by atoms with Crippen LogP contribution in [0.5, 0.6) is 0 Å². The highest BCUT2D eigenvalue weighted by Gasteiger charge is 2.26. The SMILES string of the molecule is Cc1ccc(-n2c(C)c(C(=O)O)c3c2CCCC3)cc1C. The van der Waals surface area contributed by atoms with E-state index in [0.29, 0.717) is 5.56 Å². The lowest BCUT2D eigenvalue weighted by Gasteiger charge is -2.17. The molecule has 21 heavy (non-hydrogen) atoms. The van der Waals surface area contributed by atoms with Crippen LogP contribution in [0.25, 0.3) is 5.69 Å². The average molecular weight is 283 g/mol. The second kappa shape index (κ2) is 5.06. The topological polar surface area (TPSA) is 42.2 Å². The number of carbonyl (C=O) groups is 1. The molecule has 0 amide bonds. The van der Waals surface area contributed by atoms with Gasteiger partial charge in [-0.3, -0.25) is 0 Å². The summed E-state index contributed by atoms with van der Waals surface area (Å²) in [6.45, 7) is 6.12. The molecule has 0 aliphatic heterocycles. The number of aromatic carboxylic acids is 1. The van der Waals surface area contributed by atoms with Crippen LogP contribution in [0.2, 0.25) is 0 Å². The van der Waals surface area contributed by atoms with Crippen LogP contribution < -0.4 is 0 Å². The van der Waals surface area contributed by atoms with Crippen molar-refractivity contribution in [2.75, 3.05) is 0 Å². The standard InChI is InChI=1S/C18H21NO2/c1-11-8-9-14(10-12(11)2)19-13(3)17(18(20)21)15-6-4-5-7-16(15)19/h8-10H,4-7H2,1-3H3,(H,20,21). The quantitative estimate of drug-likeness (QED) is 0.905. The number of hydrogen-bond acceptors (Lipinski definition) is 1. The Bertz CT molecular complexity index is 725. The molecule has 1 aliphatic rings. The van der Waals surface area contributed by atoms with Crippen LogP contribution >= 0.6 is 0 Å². The Balaban J connectivity index is 2.27. The summed E-state index contributed by atoms with van der Waals surface area (Å²) < 4.78 is 2.16. The van der Waals surface area contributed by atoms with E-state index in [9.17, 15) is 9.90 Å². The molecule has 3 rings (SSSR count). The van der Waals surface area contributed by atoms with E-state index in [0.717, 1.165) is 42.6 Å². The van der Waals surface area contributed by atoms with E-state index in [1.54, 1.807) is 0 Å². The third-order valence-electron chi connectivity index (χ3n) is 4.67. The van der Waals surface area contributed by atoms with Crippen LogP contribution in [-0.4, -0.2) is 15.6 Å². The van der Waals surface area contributed by atoms with E-state index in [-0.39, 0.29) is 0 Å². The van der Waals surface area contributed by atoms with Crippen molar-refractivity contribution < 1.29 is 9.90 Å². The molecule has 0 bridgehead atoms. The molecule has 0 spiro atoms. The second-order valence-corrected chi connectivity index (χ2v) is 6.00. The van der Waals surface area contributed by atoms with Gasteiger partial charge in [-0.1, -0.05) is 6.07 Å². The lowest BCUT2D eigenvalue weighted by molar-refractivity contribution is 0.0695. The van der Waals surface area contributed by atoms with Crippen molar-refractivity contribution in [1.29, 1.82) is 0 Å². The average Bonchev–Trinajstić information content (AvgIpc) is 2.74. The van der Waals surface area contributed by atoms with Gasteiger partial charge in [0, 0.05) is 17.1 Å². The Morgan fingerprint density at radius 2 is 1.81 bits per heavy atom. The zero-order valence-corrected chi connectivity index (χ0v) is 12.9. The van der Waals surface area contributed by atoms with E-state index in [4.69, 9.17) is 0 Å². The highest BCUT2D eigenvalue weighted by Crippen LogP contribution is 2.32. The van der Waals surface area contributed by atoms with Gasteiger partial charge in [-0.25, -0.2) is 4.79 Å². The minimum atomic E-state index is -0.798. The molecule has 0 radical (unpaired) electrons. The smallest absolute Gasteiger partial charge is 0.337 e. The normalized spacial score (nSPS) is 14.0. The van der Waals surface area contributed by atoms with Gasteiger partial charge in [-0.2, -0.15) is 0 Å². The molecule has 0 fully saturated rings. The van der Waals surface area contributed by atoms with E-state index in [2.05, 4.69) is 36.6 Å². The molecule has 0 saturated carbocycles. The summed E-state index contributed by atoms with van der Waals surface area (Å²) >= 11 is 0. The second-order valence-electron chi connectivity index (χ2n) is 6.00. The van der Waals surface area contributed by atoms with Crippen molar-refractivity contribution in [3.63, 3.8) is 0 Å². The van der Waals surface area contributed by atoms with Gasteiger partial charge in [0.2, 0.25) is 0 Å². The molecule has 3 heteroatoms. The first kappa shape index (κ1) is 13.9. The van der Waals surface area contributed by atoms with Gasteiger partial charge in [-0.15, -0.1) is 0 Å². The first-order chi connectivity index (χ1) is 10.0. The monoisotopic (exact) mass is 283 g/mol. The van der Waals surface area contributed by atoms with Crippen LogP contribution in [0.4, 0.5) is 0 Å². The number of fused-ring (bicyclic) bond motifs is 1. The molecule has 1 aromatic carbocycles. The molecule has 2 aromatic rings. The van der Waals surface area contributed by atoms with E-state index >= 15 is 0 Å². The van der Waals surface area contributed by atoms with Gasteiger partial charge in [0.15, 0.2) is 0 Å². The predicted octanol–water partition coefficient (Wildman–Crippen LogP) is 3.98. The van der Waals surface area contributed by atoms with Crippen LogP contribution in [0.1, 0.15) is 51.3 Å². The molecule has 0 saturated heterocycles. The van der Waals surface area contributed by atoms with Gasteiger partial charge in [0.1, 0.15) is 0 Å². The fourth-order valence-electron chi connectivity index (χ4n) is 3.44. The number of nitrogens with zero attached hydrogens (tertiary/aromatic N) is 1. The third kappa shape index (κ3) is 2.17. The highest BCUT2D eigenvalue weighted by atomic mass is 16.4. The number of hydrogen-bond donors (Lipinski definition) is 1. The molecular formula is C18H21NO2. The highest BCUT2D eigenvalue weighted by molar-refractivity contribution is 5.92. The largest absolute Gasteiger partial charge is 0.478 e. The van der Waals surface area contributed by atoms with Crippen LogP contribution in [0.15, 0.2) is 18.2 Å².